The minimum atomic E-state index is 0.463. The molecule has 1 aliphatic rings. The normalized spacial score (nSPS) is 15.2. The Bertz CT molecular complexity index is 559. The molecule has 0 radical (unpaired) electrons. The maximum absolute atomic E-state index is 6.03. The van der Waals surface area contributed by atoms with Crippen molar-refractivity contribution in [3.63, 3.8) is 0 Å². The molecule has 5 nitrogen and oxygen atoms in total. The summed E-state index contributed by atoms with van der Waals surface area (Å²) < 4.78 is 2.33. The number of rotatable bonds is 2. The number of nitrogens with zero attached hydrogens (tertiary/aromatic N) is 5. The fourth-order valence-corrected chi connectivity index (χ4v) is 2.40. The van der Waals surface area contributed by atoms with Gasteiger partial charge in [0, 0.05) is 19.0 Å². The molecule has 17 heavy (non-hydrogen) atoms. The van der Waals surface area contributed by atoms with Crippen molar-refractivity contribution in [2.24, 2.45) is 7.05 Å². The number of hydrogen-bond donors (Lipinski definition) is 0. The van der Waals surface area contributed by atoms with Crippen molar-refractivity contribution >= 4 is 27.5 Å². The Kier molecular flexibility index (Phi) is 2.63. The molecule has 7 heteroatoms. The van der Waals surface area contributed by atoms with Gasteiger partial charge in [-0.15, -0.1) is 5.10 Å². The molecule has 88 valence electrons. The lowest BCUT2D eigenvalue weighted by atomic mass is 10.3. The molecule has 0 aliphatic heterocycles. The van der Waals surface area contributed by atoms with Crippen LogP contribution in [0.1, 0.15) is 24.6 Å². The summed E-state index contributed by atoms with van der Waals surface area (Å²) in [4.78, 5) is 8.79. The average molecular weight is 315 g/mol. The molecule has 1 fully saturated rings. The van der Waals surface area contributed by atoms with Gasteiger partial charge < -0.3 is 0 Å². The smallest absolute Gasteiger partial charge is 0.157 e. The predicted octanol–water partition coefficient (Wildman–Crippen LogP) is 2.57. The van der Waals surface area contributed by atoms with E-state index >= 15 is 0 Å². The van der Waals surface area contributed by atoms with E-state index in [0.717, 1.165) is 30.1 Å². The van der Waals surface area contributed by atoms with Gasteiger partial charge in [0.2, 0.25) is 0 Å². The van der Waals surface area contributed by atoms with E-state index in [1.54, 1.807) is 10.7 Å². The van der Waals surface area contributed by atoms with E-state index in [4.69, 9.17) is 11.6 Å². The first-order valence-corrected chi connectivity index (χ1v) is 6.42. The Morgan fingerprint density at radius 1 is 1.41 bits per heavy atom. The molecule has 0 N–H and O–H groups in total. The van der Waals surface area contributed by atoms with Crippen LogP contribution in [0.25, 0.3) is 11.4 Å². The largest absolute Gasteiger partial charge is 0.245 e. The molecule has 2 aromatic rings. The third-order valence-electron chi connectivity index (χ3n) is 2.68. The van der Waals surface area contributed by atoms with Crippen LogP contribution in [0.15, 0.2) is 10.7 Å². The summed E-state index contributed by atoms with van der Waals surface area (Å²) in [6.07, 6.45) is 2.29. The van der Waals surface area contributed by atoms with Gasteiger partial charge in [-0.25, -0.2) is 14.6 Å². The standard InChI is InChI=1S/C10H9BrClN5/c1-17-8(9(11)15-16-17)6-4-7(12)14-10(13-6)5-2-3-5/h4-5H,2-3H2,1H3. The summed E-state index contributed by atoms with van der Waals surface area (Å²) in [5.74, 6) is 1.29. The van der Waals surface area contributed by atoms with Crippen molar-refractivity contribution in [3.05, 3.63) is 21.6 Å². The van der Waals surface area contributed by atoms with E-state index in [1.807, 2.05) is 7.05 Å². The van der Waals surface area contributed by atoms with Gasteiger partial charge >= 0.3 is 0 Å². The summed E-state index contributed by atoms with van der Waals surface area (Å²) >= 11 is 9.38. The summed E-state index contributed by atoms with van der Waals surface area (Å²) in [6, 6.07) is 1.73. The Morgan fingerprint density at radius 3 is 2.76 bits per heavy atom. The van der Waals surface area contributed by atoms with E-state index < -0.39 is 0 Å². The van der Waals surface area contributed by atoms with Crippen LogP contribution in [0.5, 0.6) is 0 Å². The highest BCUT2D eigenvalue weighted by Crippen LogP contribution is 2.39. The highest BCUT2D eigenvalue weighted by atomic mass is 79.9. The van der Waals surface area contributed by atoms with Gasteiger partial charge in [-0.3, -0.25) is 0 Å². The summed E-state index contributed by atoms with van der Waals surface area (Å²) in [5.41, 5.74) is 1.57. The van der Waals surface area contributed by atoms with Gasteiger partial charge in [0.15, 0.2) is 4.60 Å². The van der Waals surface area contributed by atoms with Crippen LogP contribution >= 0.6 is 27.5 Å². The molecule has 0 unspecified atom stereocenters. The highest BCUT2D eigenvalue weighted by Gasteiger charge is 2.28. The molecule has 0 bridgehead atoms. The van der Waals surface area contributed by atoms with E-state index in [2.05, 4.69) is 36.2 Å². The van der Waals surface area contributed by atoms with Crippen LogP contribution in [0.4, 0.5) is 0 Å². The van der Waals surface area contributed by atoms with Crippen LogP contribution in [-0.4, -0.2) is 25.0 Å². The van der Waals surface area contributed by atoms with Crippen molar-refractivity contribution in [2.75, 3.05) is 0 Å². The van der Waals surface area contributed by atoms with Gasteiger partial charge in [-0.1, -0.05) is 16.8 Å². The fourth-order valence-electron chi connectivity index (χ4n) is 1.68. The molecule has 0 saturated heterocycles. The molecule has 1 aliphatic carbocycles. The third kappa shape index (κ3) is 2.07. The van der Waals surface area contributed by atoms with Crippen molar-refractivity contribution in [1.29, 1.82) is 0 Å². The first-order valence-electron chi connectivity index (χ1n) is 5.25. The zero-order valence-electron chi connectivity index (χ0n) is 9.06. The van der Waals surface area contributed by atoms with Gasteiger partial charge in [0.05, 0.1) is 5.69 Å². The lowest BCUT2D eigenvalue weighted by Gasteiger charge is -2.04. The Morgan fingerprint density at radius 2 is 2.18 bits per heavy atom. The molecule has 0 atom stereocenters. The topological polar surface area (TPSA) is 56.5 Å². The Labute approximate surface area is 111 Å². The van der Waals surface area contributed by atoms with Crippen LogP contribution in [-0.2, 0) is 7.05 Å². The zero-order chi connectivity index (χ0) is 12.0. The minimum Gasteiger partial charge on any atom is -0.245 e. The number of aromatic nitrogens is 5. The second-order valence-electron chi connectivity index (χ2n) is 4.06. The van der Waals surface area contributed by atoms with Crippen LogP contribution in [0.2, 0.25) is 5.15 Å². The van der Waals surface area contributed by atoms with E-state index in [9.17, 15) is 0 Å². The van der Waals surface area contributed by atoms with Crippen molar-refractivity contribution < 1.29 is 0 Å². The predicted molar refractivity (Wildman–Crippen MR) is 66.7 cm³/mol. The Balaban J connectivity index is 2.14. The van der Waals surface area contributed by atoms with E-state index in [0.29, 0.717) is 15.7 Å². The molecule has 0 aromatic carbocycles. The maximum Gasteiger partial charge on any atom is 0.157 e. The molecule has 0 amide bonds. The second kappa shape index (κ2) is 4.03. The number of hydrogen-bond acceptors (Lipinski definition) is 4. The van der Waals surface area contributed by atoms with E-state index in [1.165, 1.54) is 0 Å². The maximum atomic E-state index is 6.03. The zero-order valence-corrected chi connectivity index (χ0v) is 11.4. The first kappa shape index (κ1) is 11.1. The third-order valence-corrected chi connectivity index (χ3v) is 3.41. The average Bonchev–Trinajstić information content (AvgIpc) is 3.05. The summed E-state index contributed by atoms with van der Waals surface area (Å²) in [7, 11) is 1.82. The summed E-state index contributed by atoms with van der Waals surface area (Å²) in [5, 5.41) is 8.33. The van der Waals surface area contributed by atoms with Gasteiger partial charge in [-0.2, -0.15) is 0 Å². The van der Waals surface area contributed by atoms with Gasteiger partial charge in [-0.05, 0) is 28.8 Å². The van der Waals surface area contributed by atoms with Crippen LogP contribution < -0.4 is 0 Å². The molecule has 3 rings (SSSR count). The Hall–Kier alpha value is -1.01. The second-order valence-corrected chi connectivity index (χ2v) is 5.20. The molecule has 0 spiro atoms. The van der Waals surface area contributed by atoms with E-state index in [-0.39, 0.29) is 0 Å². The minimum absolute atomic E-state index is 0.463. The van der Waals surface area contributed by atoms with Gasteiger partial charge in [0.1, 0.15) is 16.7 Å². The first-order chi connectivity index (χ1) is 8.15. The number of halogens is 2. The van der Waals surface area contributed by atoms with Crippen LogP contribution in [0, 0.1) is 0 Å². The molecule has 2 aromatic heterocycles. The summed E-state index contributed by atoms with van der Waals surface area (Å²) in [6.45, 7) is 0. The quantitative estimate of drug-likeness (QED) is 0.799. The van der Waals surface area contributed by atoms with Crippen molar-refractivity contribution in [3.8, 4) is 11.4 Å². The lowest BCUT2D eigenvalue weighted by molar-refractivity contribution is 0.717. The van der Waals surface area contributed by atoms with Crippen LogP contribution in [0.3, 0.4) is 0 Å². The molecular weight excluding hydrogens is 306 g/mol. The lowest BCUT2D eigenvalue weighted by Crippen LogP contribution is -2.00. The monoisotopic (exact) mass is 313 g/mol. The SMILES string of the molecule is Cn1nnc(Br)c1-c1cc(Cl)nc(C2CC2)n1. The highest BCUT2D eigenvalue weighted by molar-refractivity contribution is 9.10. The van der Waals surface area contributed by atoms with Gasteiger partial charge in [0.25, 0.3) is 0 Å². The number of aryl methyl sites for hydroxylation is 1. The molecular formula is C10H9BrClN5. The van der Waals surface area contributed by atoms with Crippen molar-refractivity contribution in [2.45, 2.75) is 18.8 Å². The van der Waals surface area contributed by atoms with Crippen molar-refractivity contribution in [1.82, 2.24) is 25.0 Å². The fraction of sp³-hybridized carbons (Fsp3) is 0.400. The molecule has 2 heterocycles. The molecule has 1 saturated carbocycles.